The molecule has 4 nitrogen and oxygen atoms in total. The number of rotatable bonds is 7. The molecule has 5 heteroatoms. The van der Waals surface area contributed by atoms with Gasteiger partial charge in [0.25, 0.3) is 0 Å². The normalized spacial score (nSPS) is 11.6. The van der Waals surface area contributed by atoms with Crippen molar-refractivity contribution in [2.24, 2.45) is 0 Å². The van der Waals surface area contributed by atoms with Gasteiger partial charge in [0.2, 0.25) is 11.8 Å². The van der Waals surface area contributed by atoms with E-state index in [-0.39, 0.29) is 11.8 Å². The van der Waals surface area contributed by atoms with Gasteiger partial charge < -0.3 is 10.2 Å². The molecule has 25 heavy (non-hydrogen) atoms. The Morgan fingerprint density at radius 1 is 1.04 bits per heavy atom. The number of hydrogen-bond donors (Lipinski definition) is 1. The minimum atomic E-state index is -0.538. The van der Waals surface area contributed by atoms with Crippen LogP contribution in [-0.2, 0) is 22.6 Å². The van der Waals surface area contributed by atoms with Crippen molar-refractivity contribution in [3.8, 4) is 0 Å². The molecule has 1 unspecified atom stereocenters. The van der Waals surface area contributed by atoms with Crippen LogP contribution in [0.25, 0.3) is 0 Å². The van der Waals surface area contributed by atoms with Crippen LogP contribution in [0.5, 0.6) is 0 Å². The number of nitrogens with one attached hydrogen (secondary N) is 1. The minimum absolute atomic E-state index is 0.0464. The number of nitrogens with zero attached hydrogens (tertiary/aromatic N) is 1. The average Bonchev–Trinajstić information content (AvgIpc) is 2.65. The zero-order valence-electron chi connectivity index (χ0n) is 14.5. The van der Waals surface area contributed by atoms with Crippen LogP contribution in [0.1, 0.15) is 24.5 Å². The van der Waals surface area contributed by atoms with Crippen molar-refractivity contribution in [3.63, 3.8) is 0 Å². The van der Waals surface area contributed by atoms with Crippen LogP contribution in [0.2, 0.25) is 5.02 Å². The van der Waals surface area contributed by atoms with Crippen molar-refractivity contribution in [2.75, 3.05) is 7.05 Å². The minimum Gasteiger partial charge on any atom is -0.357 e. The van der Waals surface area contributed by atoms with Gasteiger partial charge in [0, 0.05) is 25.0 Å². The number of carbonyl (C=O) groups excluding carboxylic acids is 2. The topological polar surface area (TPSA) is 49.4 Å². The molecule has 132 valence electrons. The molecule has 0 aliphatic heterocycles. The lowest BCUT2D eigenvalue weighted by molar-refractivity contribution is -0.140. The summed E-state index contributed by atoms with van der Waals surface area (Å²) < 4.78 is 0. The quantitative estimate of drug-likeness (QED) is 0.824. The molecule has 0 saturated heterocycles. The van der Waals surface area contributed by atoms with Crippen LogP contribution in [0.4, 0.5) is 0 Å². The van der Waals surface area contributed by atoms with E-state index >= 15 is 0 Å². The Hall–Kier alpha value is -2.33. The van der Waals surface area contributed by atoms with Gasteiger partial charge in [0.15, 0.2) is 0 Å². The largest absolute Gasteiger partial charge is 0.357 e. The number of benzene rings is 2. The number of carbonyl (C=O) groups is 2. The molecule has 0 spiro atoms. The van der Waals surface area contributed by atoms with Gasteiger partial charge in [0.05, 0.1) is 0 Å². The molecule has 0 heterocycles. The second-order valence-electron chi connectivity index (χ2n) is 5.92. The van der Waals surface area contributed by atoms with Crippen molar-refractivity contribution < 1.29 is 9.59 Å². The monoisotopic (exact) mass is 358 g/mol. The van der Waals surface area contributed by atoms with Crippen molar-refractivity contribution in [1.29, 1.82) is 0 Å². The van der Waals surface area contributed by atoms with Gasteiger partial charge >= 0.3 is 0 Å². The molecule has 0 fully saturated rings. The van der Waals surface area contributed by atoms with Crippen molar-refractivity contribution in [2.45, 2.75) is 32.4 Å². The molecule has 0 saturated carbocycles. The summed E-state index contributed by atoms with van der Waals surface area (Å²) in [6, 6.07) is 16.6. The van der Waals surface area contributed by atoms with E-state index in [2.05, 4.69) is 5.32 Å². The summed E-state index contributed by atoms with van der Waals surface area (Å²) in [6.45, 7) is 2.12. The van der Waals surface area contributed by atoms with E-state index in [1.165, 1.54) is 0 Å². The molecule has 0 radical (unpaired) electrons. The maximum Gasteiger partial charge on any atom is 0.242 e. The van der Waals surface area contributed by atoms with Gasteiger partial charge in [-0.15, -0.1) is 0 Å². The molecular weight excluding hydrogens is 336 g/mol. The van der Waals surface area contributed by atoms with Gasteiger partial charge in [0.1, 0.15) is 6.04 Å². The highest BCUT2D eigenvalue weighted by molar-refractivity contribution is 6.30. The molecule has 0 aliphatic rings. The fourth-order valence-electron chi connectivity index (χ4n) is 2.62. The van der Waals surface area contributed by atoms with E-state index in [0.717, 1.165) is 11.1 Å². The molecule has 2 aromatic carbocycles. The van der Waals surface area contributed by atoms with Crippen LogP contribution in [-0.4, -0.2) is 29.8 Å². The third kappa shape index (κ3) is 5.61. The Kier molecular flexibility index (Phi) is 7.02. The van der Waals surface area contributed by atoms with Crippen LogP contribution in [0, 0.1) is 0 Å². The zero-order valence-corrected chi connectivity index (χ0v) is 15.3. The SMILES string of the molecule is CNC(=O)C(C)N(Cc1ccc(Cl)cc1)C(=O)CCc1ccccc1. The first-order chi connectivity index (χ1) is 12.0. The third-order valence-corrected chi connectivity index (χ3v) is 4.40. The maximum atomic E-state index is 12.8. The van der Waals surface area contributed by atoms with Crippen LogP contribution >= 0.6 is 11.6 Å². The van der Waals surface area contributed by atoms with Gasteiger partial charge in [-0.25, -0.2) is 0 Å². The molecule has 1 atom stereocenters. The number of halogens is 1. The van der Waals surface area contributed by atoms with E-state index in [1.54, 1.807) is 31.0 Å². The molecular formula is C20H23ClN2O2. The first-order valence-electron chi connectivity index (χ1n) is 8.30. The highest BCUT2D eigenvalue weighted by atomic mass is 35.5. The van der Waals surface area contributed by atoms with E-state index in [1.807, 2.05) is 42.5 Å². The van der Waals surface area contributed by atoms with Gasteiger partial charge in [-0.1, -0.05) is 54.1 Å². The summed E-state index contributed by atoms with van der Waals surface area (Å²) in [4.78, 5) is 26.4. The molecule has 2 amide bonds. The fraction of sp³-hybridized carbons (Fsp3) is 0.300. The smallest absolute Gasteiger partial charge is 0.242 e. The van der Waals surface area contributed by atoms with Gasteiger partial charge in [-0.3, -0.25) is 9.59 Å². The van der Waals surface area contributed by atoms with E-state index in [9.17, 15) is 9.59 Å². The molecule has 2 rings (SSSR count). The van der Waals surface area contributed by atoms with Crippen molar-refractivity contribution in [1.82, 2.24) is 10.2 Å². The molecule has 0 bridgehead atoms. The predicted octanol–water partition coefficient (Wildman–Crippen LogP) is 3.44. The summed E-state index contributed by atoms with van der Waals surface area (Å²) in [5.74, 6) is -0.225. The summed E-state index contributed by atoms with van der Waals surface area (Å²) in [6.07, 6.45) is 1.01. The average molecular weight is 359 g/mol. The Morgan fingerprint density at radius 3 is 2.28 bits per heavy atom. The molecule has 2 aromatic rings. The Morgan fingerprint density at radius 2 is 1.68 bits per heavy atom. The second kappa shape index (κ2) is 9.23. The summed E-state index contributed by atoms with van der Waals surface area (Å²) in [5, 5.41) is 3.26. The highest BCUT2D eigenvalue weighted by Crippen LogP contribution is 2.15. The second-order valence-corrected chi connectivity index (χ2v) is 6.36. The standard InChI is InChI=1S/C20H23ClN2O2/c1-15(20(25)22-2)23(14-17-8-11-18(21)12-9-17)19(24)13-10-16-6-4-3-5-7-16/h3-9,11-12,15H,10,13-14H2,1-2H3,(H,22,25). The highest BCUT2D eigenvalue weighted by Gasteiger charge is 2.25. The van der Waals surface area contributed by atoms with E-state index in [0.29, 0.717) is 24.4 Å². The van der Waals surface area contributed by atoms with Gasteiger partial charge in [-0.05, 0) is 36.6 Å². The lowest BCUT2D eigenvalue weighted by Gasteiger charge is -2.28. The van der Waals surface area contributed by atoms with Crippen LogP contribution < -0.4 is 5.32 Å². The molecule has 0 aromatic heterocycles. The fourth-order valence-corrected chi connectivity index (χ4v) is 2.74. The Balaban J connectivity index is 2.10. The third-order valence-electron chi connectivity index (χ3n) is 4.15. The zero-order chi connectivity index (χ0) is 18.2. The lowest BCUT2D eigenvalue weighted by Crippen LogP contribution is -2.46. The van der Waals surface area contributed by atoms with Crippen LogP contribution in [0.15, 0.2) is 54.6 Å². The first-order valence-corrected chi connectivity index (χ1v) is 8.68. The first kappa shape index (κ1) is 19.0. The van der Waals surface area contributed by atoms with E-state index in [4.69, 9.17) is 11.6 Å². The lowest BCUT2D eigenvalue weighted by atomic mass is 10.1. The van der Waals surface area contributed by atoms with E-state index < -0.39 is 6.04 Å². The molecule has 1 N–H and O–H groups in total. The Bertz CT molecular complexity index is 701. The number of hydrogen-bond acceptors (Lipinski definition) is 2. The number of likely N-dealkylation sites (N-methyl/N-ethyl adjacent to an activating group) is 1. The number of amides is 2. The number of aryl methyl sites for hydroxylation is 1. The van der Waals surface area contributed by atoms with Crippen LogP contribution in [0.3, 0.4) is 0 Å². The summed E-state index contributed by atoms with van der Waals surface area (Å²) in [7, 11) is 1.58. The predicted molar refractivity (Wildman–Crippen MR) is 100 cm³/mol. The molecule has 0 aliphatic carbocycles. The summed E-state index contributed by atoms with van der Waals surface area (Å²) in [5.41, 5.74) is 2.04. The van der Waals surface area contributed by atoms with Crippen molar-refractivity contribution >= 4 is 23.4 Å². The maximum absolute atomic E-state index is 12.8. The Labute approximate surface area is 153 Å². The van der Waals surface area contributed by atoms with Crippen molar-refractivity contribution in [3.05, 3.63) is 70.7 Å². The van der Waals surface area contributed by atoms with Gasteiger partial charge in [-0.2, -0.15) is 0 Å². The summed E-state index contributed by atoms with van der Waals surface area (Å²) >= 11 is 5.92.